The first kappa shape index (κ1) is 15.0. The second-order valence-electron chi connectivity index (χ2n) is 5.64. The van der Waals surface area contributed by atoms with Gasteiger partial charge in [-0.2, -0.15) is 5.10 Å². The van der Waals surface area contributed by atoms with E-state index in [0.717, 1.165) is 29.9 Å². The van der Waals surface area contributed by atoms with Crippen LogP contribution in [0.25, 0.3) is 0 Å². The molecule has 1 aromatic rings. The summed E-state index contributed by atoms with van der Waals surface area (Å²) in [6, 6.07) is 0.452. The Balaban J connectivity index is 2.12. The van der Waals surface area contributed by atoms with E-state index in [1.165, 1.54) is 37.8 Å². The molecule has 2 rings (SSSR count). The van der Waals surface area contributed by atoms with Crippen LogP contribution < -0.4 is 5.32 Å². The Hall–Kier alpha value is -0.350. The monoisotopic (exact) mass is 327 g/mol. The van der Waals surface area contributed by atoms with Gasteiger partial charge in [0.25, 0.3) is 0 Å². The van der Waals surface area contributed by atoms with Crippen LogP contribution in [0.5, 0.6) is 0 Å². The zero-order valence-electron chi connectivity index (χ0n) is 12.2. The van der Waals surface area contributed by atoms with E-state index in [2.05, 4.69) is 44.9 Å². The predicted molar refractivity (Wildman–Crippen MR) is 83.2 cm³/mol. The quantitative estimate of drug-likeness (QED) is 0.772. The number of nitrogens with one attached hydrogen (secondary N) is 1. The number of nitrogens with zero attached hydrogens (tertiary/aromatic N) is 2. The van der Waals surface area contributed by atoms with E-state index in [1.54, 1.807) is 0 Å². The largest absolute Gasteiger partial charge is 0.309 e. The molecule has 1 fully saturated rings. The maximum atomic E-state index is 4.52. The number of aromatic nitrogens is 2. The Morgan fingerprint density at radius 1 is 1.42 bits per heavy atom. The van der Waals surface area contributed by atoms with E-state index in [1.807, 2.05) is 6.20 Å². The SMILES string of the molecule is CCCNC(CC1CCC1)c1c(Br)cnn1CCC. The molecule has 0 aromatic carbocycles. The van der Waals surface area contributed by atoms with Gasteiger partial charge in [-0.3, -0.25) is 4.68 Å². The normalized spacial score (nSPS) is 17.4. The molecule has 0 radical (unpaired) electrons. The molecule has 1 unspecified atom stereocenters. The van der Waals surface area contributed by atoms with Crippen LogP contribution in [0.2, 0.25) is 0 Å². The van der Waals surface area contributed by atoms with Gasteiger partial charge in [0.15, 0.2) is 0 Å². The van der Waals surface area contributed by atoms with Crippen molar-refractivity contribution in [1.29, 1.82) is 0 Å². The molecule has 0 aliphatic heterocycles. The molecule has 1 N–H and O–H groups in total. The first-order chi connectivity index (χ1) is 9.26. The summed E-state index contributed by atoms with van der Waals surface area (Å²) in [6.45, 7) is 6.53. The molecule has 3 nitrogen and oxygen atoms in total. The van der Waals surface area contributed by atoms with Gasteiger partial charge in [-0.25, -0.2) is 0 Å². The number of rotatable bonds is 8. The molecule has 1 aliphatic rings. The summed E-state index contributed by atoms with van der Waals surface area (Å²) in [5, 5.41) is 8.24. The van der Waals surface area contributed by atoms with Gasteiger partial charge >= 0.3 is 0 Å². The fourth-order valence-electron chi connectivity index (χ4n) is 2.78. The van der Waals surface area contributed by atoms with E-state index in [4.69, 9.17) is 0 Å². The molecule has 1 aromatic heterocycles. The van der Waals surface area contributed by atoms with Crippen molar-refractivity contribution >= 4 is 15.9 Å². The fraction of sp³-hybridized carbons (Fsp3) is 0.800. The lowest BCUT2D eigenvalue weighted by atomic mass is 9.80. The van der Waals surface area contributed by atoms with Gasteiger partial charge in [-0.1, -0.05) is 33.1 Å². The molecule has 108 valence electrons. The first-order valence-corrected chi connectivity index (χ1v) is 8.50. The third-order valence-corrected chi connectivity index (χ3v) is 4.64. The molecule has 4 heteroatoms. The summed E-state index contributed by atoms with van der Waals surface area (Å²) in [4.78, 5) is 0. The fourth-order valence-corrected chi connectivity index (χ4v) is 3.35. The van der Waals surface area contributed by atoms with Crippen LogP contribution in [0.4, 0.5) is 0 Å². The highest BCUT2D eigenvalue weighted by atomic mass is 79.9. The van der Waals surface area contributed by atoms with Crippen molar-refractivity contribution in [2.45, 2.75) is 65.0 Å². The van der Waals surface area contributed by atoms with E-state index in [-0.39, 0.29) is 0 Å². The van der Waals surface area contributed by atoms with Gasteiger partial charge in [-0.05, 0) is 47.7 Å². The second-order valence-corrected chi connectivity index (χ2v) is 6.49. The molecule has 1 atom stereocenters. The van der Waals surface area contributed by atoms with Gasteiger partial charge in [0.05, 0.1) is 22.4 Å². The molecule has 1 heterocycles. The summed E-state index contributed by atoms with van der Waals surface area (Å²) in [5.41, 5.74) is 1.35. The number of aryl methyl sites for hydroxylation is 1. The van der Waals surface area contributed by atoms with Crippen LogP contribution in [0.3, 0.4) is 0 Å². The lowest BCUT2D eigenvalue weighted by Gasteiger charge is -2.30. The minimum atomic E-state index is 0.452. The summed E-state index contributed by atoms with van der Waals surface area (Å²) < 4.78 is 3.34. The van der Waals surface area contributed by atoms with Crippen molar-refractivity contribution in [3.63, 3.8) is 0 Å². The van der Waals surface area contributed by atoms with Gasteiger partial charge in [0.1, 0.15) is 0 Å². The number of hydrogen-bond donors (Lipinski definition) is 1. The maximum Gasteiger partial charge on any atom is 0.0695 e. The predicted octanol–water partition coefficient (Wildman–Crippen LogP) is 4.29. The Bertz CT molecular complexity index is 385. The second kappa shape index (κ2) is 7.44. The van der Waals surface area contributed by atoms with Crippen molar-refractivity contribution in [2.24, 2.45) is 5.92 Å². The lowest BCUT2D eigenvalue weighted by molar-refractivity contribution is 0.255. The van der Waals surface area contributed by atoms with Crippen LogP contribution in [0.15, 0.2) is 10.7 Å². The van der Waals surface area contributed by atoms with Gasteiger partial charge in [-0.15, -0.1) is 0 Å². The molecule has 0 saturated heterocycles. The van der Waals surface area contributed by atoms with Crippen LogP contribution in [-0.4, -0.2) is 16.3 Å². The minimum Gasteiger partial charge on any atom is -0.309 e. The lowest BCUT2D eigenvalue weighted by Crippen LogP contribution is -2.29. The standard InChI is InChI=1S/C15H26BrN3/c1-3-8-17-14(10-12-6-5-7-12)15-13(16)11-18-19(15)9-4-2/h11-12,14,17H,3-10H2,1-2H3. The van der Waals surface area contributed by atoms with Crippen molar-refractivity contribution in [3.8, 4) is 0 Å². The van der Waals surface area contributed by atoms with Crippen molar-refractivity contribution in [2.75, 3.05) is 6.54 Å². The summed E-state index contributed by atoms with van der Waals surface area (Å²) in [5.74, 6) is 0.909. The van der Waals surface area contributed by atoms with Crippen molar-refractivity contribution < 1.29 is 0 Å². The Labute approximate surface area is 125 Å². The van der Waals surface area contributed by atoms with Crippen LogP contribution in [-0.2, 0) is 6.54 Å². The molecule has 0 amide bonds. The first-order valence-electron chi connectivity index (χ1n) is 7.70. The highest BCUT2D eigenvalue weighted by Crippen LogP contribution is 2.36. The van der Waals surface area contributed by atoms with Gasteiger partial charge < -0.3 is 5.32 Å². The average molecular weight is 328 g/mol. The van der Waals surface area contributed by atoms with Gasteiger partial charge in [0.2, 0.25) is 0 Å². The Morgan fingerprint density at radius 2 is 2.21 bits per heavy atom. The molecular weight excluding hydrogens is 302 g/mol. The highest BCUT2D eigenvalue weighted by molar-refractivity contribution is 9.10. The maximum absolute atomic E-state index is 4.52. The zero-order valence-corrected chi connectivity index (χ0v) is 13.7. The molecule has 0 spiro atoms. The third-order valence-electron chi connectivity index (χ3n) is 4.03. The Morgan fingerprint density at radius 3 is 2.79 bits per heavy atom. The summed E-state index contributed by atoms with van der Waals surface area (Å²) in [7, 11) is 0. The summed E-state index contributed by atoms with van der Waals surface area (Å²) >= 11 is 3.69. The van der Waals surface area contributed by atoms with Crippen molar-refractivity contribution in [1.82, 2.24) is 15.1 Å². The molecule has 1 saturated carbocycles. The molecule has 0 bridgehead atoms. The molecule has 19 heavy (non-hydrogen) atoms. The van der Waals surface area contributed by atoms with E-state index < -0.39 is 0 Å². The highest BCUT2D eigenvalue weighted by Gasteiger charge is 2.26. The van der Waals surface area contributed by atoms with Crippen molar-refractivity contribution in [3.05, 3.63) is 16.4 Å². The van der Waals surface area contributed by atoms with Gasteiger partial charge in [0, 0.05) is 6.54 Å². The van der Waals surface area contributed by atoms with E-state index in [0.29, 0.717) is 6.04 Å². The minimum absolute atomic E-state index is 0.452. The Kier molecular flexibility index (Phi) is 5.89. The van der Waals surface area contributed by atoms with E-state index in [9.17, 15) is 0 Å². The number of hydrogen-bond acceptors (Lipinski definition) is 2. The summed E-state index contributed by atoms with van der Waals surface area (Å²) in [6.07, 6.45) is 9.75. The molecular formula is C15H26BrN3. The van der Waals surface area contributed by atoms with E-state index >= 15 is 0 Å². The smallest absolute Gasteiger partial charge is 0.0695 e. The number of halogens is 1. The molecule has 1 aliphatic carbocycles. The van der Waals surface area contributed by atoms with Crippen LogP contribution >= 0.6 is 15.9 Å². The van der Waals surface area contributed by atoms with Crippen LogP contribution in [0.1, 0.15) is 64.1 Å². The zero-order chi connectivity index (χ0) is 13.7. The van der Waals surface area contributed by atoms with Crippen LogP contribution in [0, 0.1) is 5.92 Å². The average Bonchev–Trinajstić information content (AvgIpc) is 2.70. The third kappa shape index (κ3) is 3.82. The topological polar surface area (TPSA) is 29.9 Å².